The van der Waals surface area contributed by atoms with E-state index in [9.17, 15) is 13.6 Å². The van der Waals surface area contributed by atoms with Crippen molar-refractivity contribution >= 4 is 5.78 Å². The Morgan fingerprint density at radius 2 is 1.94 bits per heavy atom. The summed E-state index contributed by atoms with van der Waals surface area (Å²) in [6.45, 7) is 3.69. The average Bonchev–Trinajstić information content (AvgIpc) is 2.22. The molecule has 1 N–H and O–H groups in total. The lowest BCUT2D eigenvalue weighted by molar-refractivity contribution is 0.0918. The third-order valence-corrected chi connectivity index (χ3v) is 2.45. The molecule has 0 aromatic heterocycles. The van der Waals surface area contributed by atoms with Gasteiger partial charge in [-0.3, -0.25) is 4.79 Å². The lowest BCUT2D eigenvalue weighted by Gasteiger charge is -2.18. The molecule has 0 saturated carbocycles. The molecular formula is C12H15F2NO. The van der Waals surface area contributed by atoms with Crippen LogP contribution in [-0.2, 0) is 0 Å². The van der Waals surface area contributed by atoms with Gasteiger partial charge in [0.05, 0.1) is 11.6 Å². The minimum atomic E-state index is -0.688. The quantitative estimate of drug-likeness (QED) is 0.800. The fourth-order valence-electron chi connectivity index (χ4n) is 1.62. The fraction of sp³-hybridized carbons (Fsp3) is 0.417. The third kappa shape index (κ3) is 2.64. The number of likely N-dealkylation sites (N-methyl/N-ethyl adjacent to an activating group) is 1. The molecule has 16 heavy (non-hydrogen) atoms. The number of benzene rings is 1. The van der Waals surface area contributed by atoms with Crippen molar-refractivity contribution in [1.82, 2.24) is 5.32 Å². The van der Waals surface area contributed by atoms with Crippen LogP contribution in [0.5, 0.6) is 0 Å². The van der Waals surface area contributed by atoms with Gasteiger partial charge < -0.3 is 5.32 Å². The van der Waals surface area contributed by atoms with Crippen molar-refractivity contribution in [2.24, 2.45) is 5.92 Å². The zero-order valence-electron chi connectivity index (χ0n) is 9.55. The molecule has 0 fully saturated rings. The van der Waals surface area contributed by atoms with Crippen LogP contribution < -0.4 is 5.32 Å². The summed E-state index contributed by atoms with van der Waals surface area (Å²) in [5, 5.41) is 2.81. The van der Waals surface area contributed by atoms with Gasteiger partial charge in [0, 0.05) is 0 Å². The second-order valence-electron chi connectivity index (χ2n) is 4.00. The summed E-state index contributed by atoms with van der Waals surface area (Å²) in [7, 11) is 1.62. The third-order valence-electron chi connectivity index (χ3n) is 2.45. The molecule has 0 aliphatic carbocycles. The molecule has 4 heteroatoms. The molecule has 0 heterocycles. The first kappa shape index (κ1) is 12.8. The number of hydrogen-bond donors (Lipinski definition) is 1. The molecule has 1 aromatic carbocycles. The van der Waals surface area contributed by atoms with Gasteiger partial charge in [-0.1, -0.05) is 13.8 Å². The van der Waals surface area contributed by atoms with E-state index in [4.69, 9.17) is 0 Å². The number of carbonyl (C=O) groups excluding carboxylic acids is 1. The average molecular weight is 227 g/mol. The van der Waals surface area contributed by atoms with Crippen LogP contribution >= 0.6 is 0 Å². The number of halogens is 2. The van der Waals surface area contributed by atoms with E-state index < -0.39 is 23.5 Å². The van der Waals surface area contributed by atoms with Crippen LogP contribution in [0, 0.1) is 17.6 Å². The van der Waals surface area contributed by atoms with Crippen LogP contribution in [0.15, 0.2) is 18.2 Å². The zero-order valence-corrected chi connectivity index (χ0v) is 9.55. The maximum Gasteiger partial charge on any atom is 0.183 e. The first-order chi connectivity index (χ1) is 7.47. The van der Waals surface area contributed by atoms with Gasteiger partial charge in [0.25, 0.3) is 0 Å². The first-order valence-corrected chi connectivity index (χ1v) is 5.14. The number of rotatable bonds is 4. The Morgan fingerprint density at radius 1 is 1.31 bits per heavy atom. The Balaban J connectivity index is 3.08. The van der Waals surface area contributed by atoms with E-state index in [1.54, 1.807) is 7.05 Å². The van der Waals surface area contributed by atoms with E-state index in [2.05, 4.69) is 5.32 Å². The van der Waals surface area contributed by atoms with E-state index in [-0.39, 0.29) is 11.5 Å². The Hall–Kier alpha value is -1.29. The molecule has 0 spiro atoms. The highest BCUT2D eigenvalue weighted by Gasteiger charge is 2.24. The zero-order chi connectivity index (χ0) is 12.3. The van der Waals surface area contributed by atoms with Crippen LogP contribution in [0.1, 0.15) is 24.2 Å². The number of hydrogen-bond acceptors (Lipinski definition) is 2. The van der Waals surface area contributed by atoms with Crippen molar-refractivity contribution in [2.75, 3.05) is 7.05 Å². The Morgan fingerprint density at radius 3 is 2.44 bits per heavy atom. The second kappa shape index (κ2) is 5.16. The highest BCUT2D eigenvalue weighted by atomic mass is 19.1. The highest BCUT2D eigenvalue weighted by Crippen LogP contribution is 2.15. The number of carbonyl (C=O) groups is 1. The molecule has 1 unspecified atom stereocenters. The summed E-state index contributed by atoms with van der Waals surface area (Å²) in [4.78, 5) is 11.9. The maximum atomic E-state index is 13.4. The molecule has 1 rings (SSSR count). The van der Waals surface area contributed by atoms with Gasteiger partial charge in [0.2, 0.25) is 0 Å². The van der Waals surface area contributed by atoms with Crippen LogP contribution in [0.2, 0.25) is 0 Å². The lowest BCUT2D eigenvalue weighted by Crippen LogP contribution is -2.39. The predicted molar refractivity (Wildman–Crippen MR) is 58.4 cm³/mol. The Bertz CT molecular complexity index is 391. The maximum absolute atomic E-state index is 13.4. The minimum Gasteiger partial charge on any atom is -0.310 e. The van der Waals surface area contributed by atoms with Gasteiger partial charge in [0.15, 0.2) is 5.78 Å². The standard InChI is InChI=1S/C12H15F2NO/c1-7(2)11(15-3)12(16)9-6-8(13)4-5-10(9)14/h4-7,11,15H,1-3H3. The molecule has 0 aliphatic heterocycles. The summed E-state index contributed by atoms with van der Waals surface area (Å²) >= 11 is 0. The summed E-state index contributed by atoms with van der Waals surface area (Å²) in [5.41, 5.74) is -0.201. The fourth-order valence-corrected chi connectivity index (χ4v) is 1.62. The summed E-state index contributed by atoms with van der Waals surface area (Å²) < 4.78 is 26.3. The Labute approximate surface area is 93.7 Å². The van der Waals surface area contributed by atoms with Crippen LogP contribution in [0.3, 0.4) is 0 Å². The molecule has 2 nitrogen and oxygen atoms in total. The van der Waals surface area contributed by atoms with Gasteiger partial charge in [-0.15, -0.1) is 0 Å². The molecule has 0 radical (unpaired) electrons. The van der Waals surface area contributed by atoms with Gasteiger partial charge in [-0.05, 0) is 31.2 Å². The second-order valence-corrected chi connectivity index (χ2v) is 4.00. The van der Waals surface area contributed by atoms with Crippen molar-refractivity contribution in [3.8, 4) is 0 Å². The van der Waals surface area contributed by atoms with Crippen molar-refractivity contribution in [1.29, 1.82) is 0 Å². The van der Waals surface area contributed by atoms with E-state index >= 15 is 0 Å². The van der Waals surface area contributed by atoms with Crippen LogP contribution in [0.4, 0.5) is 8.78 Å². The van der Waals surface area contributed by atoms with E-state index in [1.807, 2.05) is 13.8 Å². The topological polar surface area (TPSA) is 29.1 Å². The van der Waals surface area contributed by atoms with Gasteiger partial charge >= 0.3 is 0 Å². The SMILES string of the molecule is CNC(C(=O)c1cc(F)ccc1F)C(C)C. The van der Waals surface area contributed by atoms with E-state index in [1.165, 1.54) is 0 Å². The summed E-state index contributed by atoms with van der Waals surface area (Å²) in [5.74, 6) is -1.70. The molecular weight excluding hydrogens is 212 g/mol. The van der Waals surface area contributed by atoms with Crippen LogP contribution in [-0.4, -0.2) is 18.9 Å². The van der Waals surface area contributed by atoms with Gasteiger partial charge in [0.1, 0.15) is 11.6 Å². The molecule has 1 aromatic rings. The summed E-state index contributed by atoms with van der Waals surface area (Å²) in [6, 6.07) is 2.40. The lowest BCUT2D eigenvalue weighted by atomic mass is 9.95. The predicted octanol–water partition coefficient (Wildman–Crippen LogP) is 2.39. The van der Waals surface area contributed by atoms with Crippen molar-refractivity contribution in [2.45, 2.75) is 19.9 Å². The van der Waals surface area contributed by atoms with Crippen molar-refractivity contribution < 1.29 is 13.6 Å². The Kier molecular flexibility index (Phi) is 4.12. The van der Waals surface area contributed by atoms with Crippen LogP contribution in [0.25, 0.3) is 0 Å². The van der Waals surface area contributed by atoms with Crippen molar-refractivity contribution in [3.63, 3.8) is 0 Å². The van der Waals surface area contributed by atoms with E-state index in [0.717, 1.165) is 18.2 Å². The number of nitrogens with one attached hydrogen (secondary N) is 1. The molecule has 88 valence electrons. The van der Waals surface area contributed by atoms with Gasteiger partial charge in [-0.2, -0.15) is 0 Å². The first-order valence-electron chi connectivity index (χ1n) is 5.14. The van der Waals surface area contributed by atoms with Gasteiger partial charge in [-0.25, -0.2) is 8.78 Å². The minimum absolute atomic E-state index is 0.0140. The van der Waals surface area contributed by atoms with Crippen molar-refractivity contribution in [3.05, 3.63) is 35.4 Å². The van der Waals surface area contributed by atoms with E-state index in [0.29, 0.717) is 0 Å². The molecule has 0 amide bonds. The smallest absolute Gasteiger partial charge is 0.183 e. The molecule has 0 saturated heterocycles. The number of Topliss-reactive ketones (excluding diaryl/α,β-unsaturated/α-hetero) is 1. The molecule has 0 aliphatic rings. The summed E-state index contributed by atoms with van der Waals surface area (Å²) in [6.07, 6.45) is 0. The highest BCUT2D eigenvalue weighted by molar-refractivity contribution is 6.00. The largest absolute Gasteiger partial charge is 0.310 e. The molecule has 0 bridgehead atoms. The number of ketones is 1. The molecule has 1 atom stereocenters. The normalized spacial score (nSPS) is 12.9. The monoisotopic (exact) mass is 227 g/mol.